The van der Waals surface area contributed by atoms with Crippen molar-refractivity contribution in [2.24, 2.45) is 5.92 Å². The number of imidazole rings is 1. The fourth-order valence-corrected chi connectivity index (χ4v) is 5.92. The van der Waals surface area contributed by atoms with Gasteiger partial charge in [0.1, 0.15) is 16.6 Å². The van der Waals surface area contributed by atoms with Gasteiger partial charge in [0.15, 0.2) is 0 Å². The van der Waals surface area contributed by atoms with Gasteiger partial charge >= 0.3 is 0 Å². The summed E-state index contributed by atoms with van der Waals surface area (Å²) in [5.41, 5.74) is 1.18. The number of aromatic nitrogens is 4. The van der Waals surface area contributed by atoms with E-state index >= 15 is 0 Å². The molecule has 4 aromatic rings. The number of allylic oxidation sites excluding steroid dienone is 1. The van der Waals surface area contributed by atoms with E-state index in [0.717, 1.165) is 23.4 Å². The minimum Gasteiger partial charge on any atom is -0.386 e. The summed E-state index contributed by atoms with van der Waals surface area (Å²) >= 11 is 1.31. The minimum atomic E-state index is -1.06. The number of nitriles is 1. The summed E-state index contributed by atoms with van der Waals surface area (Å²) < 4.78 is 3.61. The van der Waals surface area contributed by atoms with Crippen molar-refractivity contribution in [2.75, 3.05) is 11.9 Å². The third kappa shape index (κ3) is 5.94. The normalized spacial score (nSPS) is 16.0. The molecular weight excluding hydrogens is 538 g/mol. The Kier molecular flexibility index (Phi) is 7.80. The Bertz CT molecular complexity index is 1650. The number of nitrogens with one attached hydrogen (secondary N) is 1. The molecule has 2 N–H and O–H groups in total. The number of amides is 2. The van der Waals surface area contributed by atoms with Gasteiger partial charge in [0.05, 0.1) is 27.6 Å². The molecule has 1 fully saturated rings. The molecule has 4 heterocycles. The molecule has 1 aromatic carbocycles. The highest BCUT2D eigenvalue weighted by Gasteiger charge is 2.32. The van der Waals surface area contributed by atoms with E-state index in [1.165, 1.54) is 11.3 Å². The topological polar surface area (TPSA) is 129 Å². The Morgan fingerprint density at radius 2 is 2.10 bits per heavy atom. The second-order valence-electron chi connectivity index (χ2n) is 11.1. The van der Waals surface area contributed by atoms with Crippen molar-refractivity contribution in [3.05, 3.63) is 70.9 Å². The molecule has 2 amide bonds. The number of fused-ring (bicyclic) bond motifs is 1. The number of hydrogen-bond acceptors (Lipinski definition) is 7. The third-order valence-corrected chi connectivity index (χ3v) is 8.18. The van der Waals surface area contributed by atoms with Gasteiger partial charge in [0, 0.05) is 25.5 Å². The number of carbonyl (C=O) groups excluding carboxylic acids is 2. The third-order valence-electron chi connectivity index (χ3n) is 7.11. The fourth-order valence-electron chi connectivity index (χ4n) is 5.07. The summed E-state index contributed by atoms with van der Waals surface area (Å²) in [6, 6.07) is 12.8. The van der Waals surface area contributed by atoms with Gasteiger partial charge in [-0.3, -0.25) is 14.9 Å². The SMILES string of the molecule is CC(C)/C=C(\C#N)C(=O)N1CCC[C@@H]1Cn1c(NC(=O)c2ccc(-n3cccn3)s2)nc2cc(C(C)(C)O)ccc21. The van der Waals surface area contributed by atoms with Crippen LogP contribution in [0.5, 0.6) is 0 Å². The molecule has 11 heteroatoms. The van der Waals surface area contributed by atoms with E-state index in [2.05, 4.69) is 16.5 Å². The van der Waals surface area contributed by atoms with Crippen LogP contribution in [0.15, 0.2) is 60.4 Å². The Morgan fingerprint density at radius 1 is 1.29 bits per heavy atom. The molecule has 0 spiro atoms. The maximum atomic E-state index is 13.4. The van der Waals surface area contributed by atoms with Crippen LogP contribution in [0.4, 0.5) is 5.95 Å². The van der Waals surface area contributed by atoms with Crippen molar-refractivity contribution in [3.8, 4) is 11.1 Å². The van der Waals surface area contributed by atoms with Gasteiger partial charge in [-0.1, -0.05) is 26.0 Å². The Hall–Kier alpha value is -4.27. The number of thiophene rings is 1. The first-order valence-electron chi connectivity index (χ1n) is 13.6. The fraction of sp³-hybridized carbons (Fsp3) is 0.367. The molecule has 41 heavy (non-hydrogen) atoms. The van der Waals surface area contributed by atoms with E-state index < -0.39 is 5.60 Å². The monoisotopic (exact) mass is 571 g/mol. The van der Waals surface area contributed by atoms with Gasteiger partial charge in [-0.25, -0.2) is 9.67 Å². The highest BCUT2D eigenvalue weighted by Crippen LogP contribution is 2.30. The predicted molar refractivity (Wildman–Crippen MR) is 158 cm³/mol. The van der Waals surface area contributed by atoms with Crippen LogP contribution in [0.3, 0.4) is 0 Å². The zero-order valence-electron chi connectivity index (χ0n) is 23.5. The number of rotatable bonds is 8. The number of nitrogens with zero attached hydrogens (tertiary/aromatic N) is 6. The molecule has 0 saturated carbocycles. The molecule has 212 valence electrons. The summed E-state index contributed by atoms with van der Waals surface area (Å²) in [5.74, 6) is -0.152. The predicted octanol–water partition coefficient (Wildman–Crippen LogP) is 4.86. The highest BCUT2D eigenvalue weighted by molar-refractivity contribution is 7.16. The van der Waals surface area contributed by atoms with Crippen molar-refractivity contribution >= 4 is 40.1 Å². The van der Waals surface area contributed by atoms with Gasteiger partial charge in [-0.2, -0.15) is 10.4 Å². The van der Waals surface area contributed by atoms with E-state index in [-0.39, 0.29) is 29.3 Å². The van der Waals surface area contributed by atoms with Crippen LogP contribution < -0.4 is 5.32 Å². The maximum Gasteiger partial charge on any atom is 0.268 e. The quantitative estimate of drug-likeness (QED) is 0.230. The molecule has 3 aromatic heterocycles. The van der Waals surface area contributed by atoms with Crippen molar-refractivity contribution < 1.29 is 14.7 Å². The molecule has 1 aliphatic heterocycles. The van der Waals surface area contributed by atoms with Crippen molar-refractivity contribution in [3.63, 3.8) is 0 Å². The Labute approximate surface area is 242 Å². The summed E-state index contributed by atoms with van der Waals surface area (Å²) in [6.45, 7) is 8.24. The lowest BCUT2D eigenvalue weighted by atomic mass is 9.98. The number of likely N-dealkylation sites (tertiary alicyclic amines) is 1. The smallest absolute Gasteiger partial charge is 0.268 e. The van der Waals surface area contributed by atoms with Crippen LogP contribution in [0.2, 0.25) is 0 Å². The molecule has 0 radical (unpaired) electrons. The Balaban J connectivity index is 1.48. The first-order chi connectivity index (χ1) is 19.5. The zero-order chi connectivity index (χ0) is 29.3. The lowest BCUT2D eigenvalue weighted by Crippen LogP contribution is -2.39. The molecule has 0 aliphatic carbocycles. The van der Waals surface area contributed by atoms with E-state index in [4.69, 9.17) is 4.98 Å². The highest BCUT2D eigenvalue weighted by atomic mass is 32.1. The van der Waals surface area contributed by atoms with Gasteiger partial charge in [-0.15, -0.1) is 11.3 Å². The summed E-state index contributed by atoms with van der Waals surface area (Å²) in [7, 11) is 0. The standard InChI is InChI=1S/C30H33N7O3S/c1-19(2)15-20(17-31)28(39)35-13-5-7-22(35)18-36-24-9-8-21(30(3,4)40)16-23(24)33-29(36)34-27(38)25-10-11-26(41-25)37-14-6-12-32-37/h6,8-12,14-16,19,22,40H,5,7,13,18H2,1-4H3,(H,33,34,38)/b20-15+/t22-/m1/s1. The first kappa shape index (κ1) is 28.3. The average Bonchev–Trinajstić information content (AvgIpc) is 3.73. The van der Waals surface area contributed by atoms with Crippen molar-refractivity contribution in [1.82, 2.24) is 24.2 Å². The molecule has 0 unspecified atom stereocenters. The average molecular weight is 572 g/mol. The van der Waals surface area contributed by atoms with Crippen LogP contribution in [-0.4, -0.2) is 53.7 Å². The van der Waals surface area contributed by atoms with Crippen LogP contribution in [0.25, 0.3) is 16.0 Å². The van der Waals surface area contributed by atoms with Crippen LogP contribution in [-0.2, 0) is 16.9 Å². The largest absolute Gasteiger partial charge is 0.386 e. The van der Waals surface area contributed by atoms with Crippen molar-refractivity contribution in [2.45, 2.75) is 58.7 Å². The first-order valence-corrected chi connectivity index (χ1v) is 14.4. The van der Waals surface area contributed by atoms with E-state index in [1.54, 1.807) is 41.8 Å². The lowest BCUT2D eigenvalue weighted by molar-refractivity contribution is -0.127. The van der Waals surface area contributed by atoms with E-state index in [0.29, 0.717) is 35.0 Å². The molecule has 1 saturated heterocycles. The van der Waals surface area contributed by atoms with Crippen LogP contribution in [0.1, 0.15) is 55.8 Å². The molecule has 10 nitrogen and oxygen atoms in total. The van der Waals surface area contributed by atoms with Gasteiger partial charge < -0.3 is 14.6 Å². The summed E-state index contributed by atoms with van der Waals surface area (Å²) in [5, 5.41) is 28.2. The summed E-state index contributed by atoms with van der Waals surface area (Å²) in [4.78, 5) is 33.7. The van der Waals surface area contributed by atoms with Gasteiger partial charge in [0.2, 0.25) is 5.95 Å². The molecule has 5 rings (SSSR count). The van der Waals surface area contributed by atoms with Crippen LogP contribution >= 0.6 is 11.3 Å². The second-order valence-corrected chi connectivity index (χ2v) is 12.1. The lowest BCUT2D eigenvalue weighted by Gasteiger charge is -2.26. The number of carbonyl (C=O) groups is 2. The number of hydrogen-bond donors (Lipinski definition) is 2. The molecule has 1 aliphatic rings. The minimum absolute atomic E-state index is 0.0742. The molecular formula is C30H33N7O3S. The molecule has 0 bridgehead atoms. The number of anilines is 1. The summed E-state index contributed by atoms with van der Waals surface area (Å²) in [6.07, 6.45) is 6.78. The van der Waals surface area contributed by atoms with Crippen molar-refractivity contribution in [1.29, 1.82) is 5.26 Å². The maximum absolute atomic E-state index is 13.4. The Morgan fingerprint density at radius 3 is 2.78 bits per heavy atom. The number of benzene rings is 1. The van der Waals surface area contributed by atoms with Gasteiger partial charge in [0.25, 0.3) is 11.8 Å². The zero-order valence-corrected chi connectivity index (χ0v) is 24.4. The number of aliphatic hydroxyl groups is 1. The van der Waals surface area contributed by atoms with E-state index in [9.17, 15) is 20.0 Å². The van der Waals surface area contributed by atoms with Gasteiger partial charge in [-0.05, 0) is 68.5 Å². The van der Waals surface area contributed by atoms with Crippen LogP contribution in [0, 0.1) is 17.2 Å². The van der Waals surface area contributed by atoms with E-state index in [1.807, 2.05) is 54.9 Å². The molecule has 1 atom stereocenters. The second kappa shape index (κ2) is 11.3.